The van der Waals surface area contributed by atoms with Gasteiger partial charge in [0, 0.05) is 6.54 Å². The molecule has 26 heavy (non-hydrogen) atoms. The van der Waals surface area contributed by atoms with E-state index in [1.54, 1.807) is 19.1 Å². The first-order valence-electron chi connectivity index (χ1n) is 8.22. The summed E-state index contributed by atoms with van der Waals surface area (Å²) in [5.41, 5.74) is 1.70. The number of thioether (sulfide) groups is 1. The van der Waals surface area contributed by atoms with Crippen molar-refractivity contribution >= 4 is 34.6 Å². The van der Waals surface area contributed by atoms with E-state index in [0.717, 1.165) is 22.7 Å². The molecule has 2 aromatic rings. The van der Waals surface area contributed by atoms with Gasteiger partial charge in [-0.1, -0.05) is 12.1 Å². The van der Waals surface area contributed by atoms with Crippen LogP contribution in [0.15, 0.2) is 58.4 Å². The third-order valence-electron chi connectivity index (χ3n) is 3.89. The summed E-state index contributed by atoms with van der Waals surface area (Å²) in [6, 6.07) is 15.1. The maximum Gasteiger partial charge on any atom is 0.266 e. The highest BCUT2D eigenvalue weighted by molar-refractivity contribution is 8.18. The van der Waals surface area contributed by atoms with E-state index in [-0.39, 0.29) is 5.91 Å². The van der Waals surface area contributed by atoms with Crippen molar-refractivity contribution in [2.75, 3.05) is 20.8 Å². The lowest BCUT2D eigenvalue weighted by molar-refractivity contribution is -0.122. The van der Waals surface area contributed by atoms with Crippen molar-refractivity contribution in [2.24, 2.45) is 4.99 Å². The average molecular weight is 368 g/mol. The monoisotopic (exact) mass is 368 g/mol. The van der Waals surface area contributed by atoms with Crippen LogP contribution in [0.1, 0.15) is 12.5 Å². The number of likely N-dealkylation sites (N-methyl/N-ethyl adjacent to an activating group) is 1. The van der Waals surface area contributed by atoms with Crippen LogP contribution in [0.5, 0.6) is 11.5 Å². The van der Waals surface area contributed by atoms with Crippen LogP contribution >= 0.6 is 11.8 Å². The Morgan fingerprint density at radius 2 is 1.81 bits per heavy atom. The van der Waals surface area contributed by atoms with Crippen LogP contribution in [0.2, 0.25) is 0 Å². The van der Waals surface area contributed by atoms with Crippen molar-refractivity contribution in [1.82, 2.24) is 4.90 Å². The maximum atomic E-state index is 12.7. The summed E-state index contributed by atoms with van der Waals surface area (Å²) >= 11 is 1.38. The molecule has 1 saturated heterocycles. The van der Waals surface area contributed by atoms with Crippen LogP contribution in [0.3, 0.4) is 0 Å². The Morgan fingerprint density at radius 3 is 2.46 bits per heavy atom. The van der Waals surface area contributed by atoms with Gasteiger partial charge in [0.05, 0.1) is 24.8 Å². The Hall–Kier alpha value is -2.73. The van der Waals surface area contributed by atoms with E-state index >= 15 is 0 Å². The highest BCUT2D eigenvalue weighted by Gasteiger charge is 2.32. The maximum absolute atomic E-state index is 12.7. The van der Waals surface area contributed by atoms with Gasteiger partial charge in [-0.05, 0) is 66.7 Å². The topological polar surface area (TPSA) is 51.1 Å². The average Bonchev–Trinajstić information content (AvgIpc) is 2.96. The number of methoxy groups -OCH3 is 2. The molecule has 5 nitrogen and oxygen atoms in total. The summed E-state index contributed by atoms with van der Waals surface area (Å²) < 4.78 is 10.4. The number of hydrogen-bond donors (Lipinski definition) is 0. The van der Waals surface area contributed by atoms with Crippen LogP contribution in [-0.2, 0) is 4.79 Å². The van der Waals surface area contributed by atoms with Crippen molar-refractivity contribution in [3.05, 3.63) is 59.0 Å². The molecule has 3 rings (SSSR count). The lowest BCUT2D eigenvalue weighted by Gasteiger charge is -2.12. The number of hydrogen-bond acceptors (Lipinski definition) is 5. The molecule has 2 aromatic carbocycles. The molecular formula is C20H20N2O3S. The minimum Gasteiger partial charge on any atom is -0.497 e. The van der Waals surface area contributed by atoms with Gasteiger partial charge < -0.3 is 9.47 Å². The largest absolute Gasteiger partial charge is 0.497 e. The fourth-order valence-electron chi connectivity index (χ4n) is 2.52. The molecule has 1 aliphatic rings. The van der Waals surface area contributed by atoms with Crippen molar-refractivity contribution in [3.8, 4) is 11.5 Å². The fraction of sp³-hybridized carbons (Fsp3) is 0.200. The Balaban J connectivity index is 1.89. The quantitative estimate of drug-likeness (QED) is 0.737. The van der Waals surface area contributed by atoms with E-state index in [2.05, 4.69) is 4.99 Å². The summed E-state index contributed by atoms with van der Waals surface area (Å²) in [5, 5.41) is 0.678. The molecule has 0 unspecified atom stereocenters. The molecule has 0 bridgehead atoms. The van der Waals surface area contributed by atoms with Gasteiger partial charge in [-0.15, -0.1) is 0 Å². The SMILES string of the molecule is CCN1C(=O)/C(=C\c2cccc(OC)c2)SC1=Nc1ccc(OC)cc1. The van der Waals surface area contributed by atoms with Crippen LogP contribution in [-0.4, -0.2) is 36.7 Å². The van der Waals surface area contributed by atoms with Gasteiger partial charge in [-0.25, -0.2) is 4.99 Å². The molecular weight excluding hydrogens is 348 g/mol. The van der Waals surface area contributed by atoms with E-state index in [0.29, 0.717) is 16.6 Å². The standard InChI is InChI=1S/C20H20N2O3S/c1-4-22-19(23)18(13-14-6-5-7-17(12-14)25-3)26-20(22)21-15-8-10-16(24-2)11-9-15/h5-13H,4H2,1-3H3/b18-13+,21-20?. The van der Waals surface area contributed by atoms with Crippen LogP contribution in [0.25, 0.3) is 6.08 Å². The van der Waals surface area contributed by atoms with Gasteiger partial charge in [0.15, 0.2) is 5.17 Å². The molecule has 0 saturated carbocycles. The second kappa shape index (κ2) is 8.10. The van der Waals surface area contributed by atoms with E-state index in [9.17, 15) is 4.79 Å². The molecule has 1 fully saturated rings. The van der Waals surface area contributed by atoms with Crippen molar-refractivity contribution in [2.45, 2.75) is 6.92 Å². The Kier molecular flexibility index (Phi) is 5.63. The predicted octanol–water partition coefficient (Wildman–Crippen LogP) is 4.33. The summed E-state index contributed by atoms with van der Waals surface area (Å²) in [4.78, 5) is 19.7. The minimum absolute atomic E-state index is 0.0346. The van der Waals surface area contributed by atoms with Crippen LogP contribution in [0.4, 0.5) is 5.69 Å². The molecule has 0 N–H and O–H groups in total. The second-order valence-corrected chi connectivity index (χ2v) is 6.54. The lowest BCUT2D eigenvalue weighted by atomic mass is 10.2. The zero-order chi connectivity index (χ0) is 18.5. The van der Waals surface area contributed by atoms with Gasteiger partial charge in [0.1, 0.15) is 11.5 Å². The van der Waals surface area contributed by atoms with Crippen LogP contribution < -0.4 is 9.47 Å². The summed E-state index contributed by atoms with van der Waals surface area (Å²) in [5.74, 6) is 1.50. The number of ether oxygens (including phenoxy) is 2. The first-order chi connectivity index (χ1) is 12.6. The molecule has 0 spiro atoms. The summed E-state index contributed by atoms with van der Waals surface area (Å²) in [6.45, 7) is 2.51. The molecule has 1 aliphatic heterocycles. The number of nitrogens with zero attached hydrogens (tertiary/aromatic N) is 2. The van der Waals surface area contributed by atoms with Crippen molar-refractivity contribution in [3.63, 3.8) is 0 Å². The van der Waals surface area contributed by atoms with E-state index in [1.165, 1.54) is 11.8 Å². The molecule has 0 aromatic heterocycles. The van der Waals surface area contributed by atoms with E-state index < -0.39 is 0 Å². The zero-order valence-corrected chi connectivity index (χ0v) is 15.7. The fourth-order valence-corrected chi connectivity index (χ4v) is 3.58. The highest BCUT2D eigenvalue weighted by atomic mass is 32.2. The number of carbonyl (C=O) groups excluding carboxylic acids is 1. The number of rotatable bonds is 5. The normalized spacial score (nSPS) is 17.2. The second-order valence-electron chi connectivity index (χ2n) is 5.53. The molecule has 1 amide bonds. The molecule has 1 heterocycles. The molecule has 0 atom stereocenters. The summed E-state index contributed by atoms with van der Waals surface area (Å²) in [6.07, 6.45) is 1.87. The Labute approximate surface area is 157 Å². The smallest absolute Gasteiger partial charge is 0.266 e. The van der Waals surface area contributed by atoms with E-state index in [1.807, 2.05) is 61.5 Å². The zero-order valence-electron chi connectivity index (χ0n) is 14.9. The minimum atomic E-state index is -0.0346. The van der Waals surface area contributed by atoms with Crippen molar-refractivity contribution < 1.29 is 14.3 Å². The first kappa shape index (κ1) is 18.1. The van der Waals surface area contributed by atoms with Gasteiger partial charge in [0.2, 0.25) is 0 Å². The molecule has 6 heteroatoms. The highest BCUT2D eigenvalue weighted by Crippen LogP contribution is 2.34. The number of carbonyl (C=O) groups is 1. The third-order valence-corrected chi connectivity index (χ3v) is 4.90. The molecule has 0 radical (unpaired) electrons. The van der Waals surface area contributed by atoms with E-state index in [4.69, 9.17) is 9.47 Å². The lowest BCUT2D eigenvalue weighted by Crippen LogP contribution is -2.28. The third kappa shape index (κ3) is 3.91. The van der Waals surface area contributed by atoms with Crippen molar-refractivity contribution in [1.29, 1.82) is 0 Å². The Morgan fingerprint density at radius 1 is 1.08 bits per heavy atom. The molecule has 134 valence electrons. The first-order valence-corrected chi connectivity index (χ1v) is 9.04. The predicted molar refractivity (Wildman–Crippen MR) is 106 cm³/mol. The Bertz CT molecular complexity index is 860. The number of amides is 1. The number of benzene rings is 2. The van der Waals surface area contributed by atoms with Gasteiger partial charge in [0.25, 0.3) is 5.91 Å². The molecule has 0 aliphatic carbocycles. The number of amidine groups is 1. The van der Waals surface area contributed by atoms with Gasteiger partial charge >= 0.3 is 0 Å². The summed E-state index contributed by atoms with van der Waals surface area (Å²) in [7, 11) is 3.25. The van der Waals surface area contributed by atoms with Gasteiger partial charge in [-0.3, -0.25) is 9.69 Å². The number of aliphatic imine (C=N–C) groups is 1. The van der Waals surface area contributed by atoms with Crippen LogP contribution in [0, 0.1) is 0 Å². The van der Waals surface area contributed by atoms with Gasteiger partial charge in [-0.2, -0.15) is 0 Å².